The smallest absolute Gasteiger partial charge is 0.318 e. The summed E-state index contributed by atoms with van der Waals surface area (Å²) in [7, 11) is 0. The van der Waals surface area contributed by atoms with Crippen molar-refractivity contribution in [1.29, 1.82) is 0 Å². The molecule has 0 bridgehead atoms. The van der Waals surface area contributed by atoms with Crippen LogP contribution in [0.25, 0.3) is 0 Å². The Balaban J connectivity index is 1.45. The third kappa shape index (κ3) is 3.03. The van der Waals surface area contributed by atoms with E-state index in [2.05, 4.69) is 27.0 Å². The van der Waals surface area contributed by atoms with Crippen LogP contribution >= 0.6 is 0 Å². The molecule has 0 spiro atoms. The second kappa shape index (κ2) is 6.73. The fourth-order valence-electron chi connectivity index (χ4n) is 4.39. The third-order valence-corrected chi connectivity index (χ3v) is 5.84. The molecule has 4 rings (SSSR count). The monoisotopic (exact) mass is 331 g/mol. The summed E-state index contributed by atoms with van der Waals surface area (Å²) in [6.07, 6.45) is 10.3. The Morgan fingerprint density at radius 2 is 2.12 bits per heavy atom. The Kier molecular flexibility index (Phi) is 4.46. The standard InChI is InChI=1S/C18H29N5O/c1-2-7-13-12-14(13)19-18(24)22-11-6-8-15(22)17-21-20-16-9-4-3-5-10-23(16)17/h13-15H,2-12H2,1H3,(H,19,24)/t13-,14-,15-/m1/s1. The topological polar surface area (TPSA) is 63.1 Å². The van der Waals surface area contributed by atoms with E-state index < -0.39 is 0 Å². The molecule has 1 N–H and O–H groups in total. The van der Waals surface area contributed by atoms with Gasteiger partial charge in [0.2, 0.25) is 0 Å². The first-order chi connectivity index (χ1) is 11.8. The van der Waals surface area contributed by atoms with Gasteiger partial charge in [0, 0.05) is 25.6 Å². The third-order valence-electron chi connectivity index (χ3n) is 5.84. The van der Waals surface area contributed by atoms with Crippen LogP contribution in [-0.4, -0.2) is 38.3 Å². The number of rotatable bonds is 4. The van der Waals surface area contributed by atoms with E-state index in [4.69, 9.17) is 0 Å². The van der Waals surface area contributed by atoms with Crippen molar-refractivity contribution < 1.29 is 4.79 Å². The number of nitrogens with one attached hydrogen (secondary N) is 1. The zero-order valence-electron chi connectivity index (χ0n) is 14.7. The Morgan fingerprint density at radius 1 is 1.21 bits per heavy atom. The van der Waals surface area contributed by atoms with Gasteiger partial charge in [-0.2, -0.15) is 0 Å². The zero-order chi connectivity index (χ0) is 16.5. The van der Waals surface area contributed by atoms with Gasteiger partial charge in [-0.1, -0.05) is 19.8 Å². The van der Waals surface area contributed by atoms with Gasteiger partial charge in [-0.05, 0) is 44.4 Å². The van der Waals surface area contributed by atoms with E-state index in [1.165, 1.54) is 32.1 Å². The first-order valence-corrected chi connectivity index (χ1v) is 9.77. The van der Waals surface area contributed by atoms with Crippen molar-refractivity contribution in [3.63, 3.8) is 0 Å². The summed E-state index contributed by atoms with van der Waals surface area (Å²) in [5.41, 5.74) is 0. The van der Waals surface area contributed by atoms with E-state index in [1.54, 1.807) is 0 Å². The zero-order valence-corrected chi connectivity index (χ0v) is 14.7. The molecule has 1 aromatic rings. The minimum absolute atomic E-state index is 0.104. The van der Waals surface area contributed by atoms with Gasteiger partial charge in [0.1, 0.15) is 5.82 Å². The molecule has 2 fully saturated rings. The van der Waals surface area contributed by atoms with Crippen molar-refractivity contribution in [3.05, 3.63) is 11.6 Å². The maximum absolute atomic E-state index is 12.7. The Morgan fingerprint density at radius 3 is 3.00 bits per heavy atom. The molecule has 6 heteroatoms. The van der Waals surface area contributed by atoms with E-state index in [0.717, 1.165) is 50.4 Å². The fourth-order valence-corrected chi connectivity index (χ4v) is 4.39. The number of fused-ring (bicyclic) bond motifs is 1. The molecule has 24 heavy (non-hydrogen) atoms. The van der Waals surface area contributed by atoms with Crippen molar-refractivity contribution in [2.24, 2.45) is 5.92 Å². The van der Waals surface area contributed by atoms with Crippen LogP contribution in [0.4, 0.5) is 4.79 Å². The van der Waals surface area contributed by atoms with Gasteiger partial charge in [0.25, 0.3) is 0 Å². The highest BCUT2D eigenvalue weighted by Gasteiger charge is 2.40. The van der Waals surface area contributed by atoms with Crippen molar-refractivity contribution >= 4 is 6.03 Å². The lowest BCUT2D eigenvalue weighted by Crippen LogP contribution is -2.41. The van der Waals surface area contributed by atoms with E-state index in [-0.39, 0.29) is 12.1 Å². The highest BCUT2D eigenvalue weighted by molar-refractivity contribution is 5.75. The number of urea groups is 1. The molecule has 1 aromatic heterocycles. The summed E-state index contributed by atoms with van der Waals surface area (Å²) in [6, 6.07) is 0.606. The maximum Gasteiger partial charge on any atom is 0.318 e. The van der Waals surface area contributed by atoms with Gasteiger partial charge in [-0.3, -0.25) is 0 Å². The SMILES string of the molecule is CCC[C@@H]1C[C@H]1NC(=O)N1CCC[C@@H]1c1nnc2n1CCCCC2. The summed E-state index contributed by atoms with van der Waals surface area (Å²) < 4.78 is 2.29. The molecule has 3 atom stereocenters. The van der Waals surface area contributed by atoms with Crippen molar-refractivity contribution in [2.45, 2.75) is 83.3 Å². The van der Waals surface area contributed by atoms with Crippen molar-refractivity contribution in [3.8, 4) is 0 Å². The molecule has 1 saturated carbocycles. The number of carbonyl (C=O) groups excluding carboxylic acids is 1. The second-order valence-electron chi connectivity index (χ2n) is 7.63. The number of nitrogens with zero attached hydrogens (tertiary/aromatic N) is 4. The van der Waals surface area contributed by atoms with Gasteiger partial charge in [-0.15, -0.1) is 10.2 Å². The molecular weight excluding hydrogens is 302 g/mol. The number of likely N-dealkylation sites (tertiary alicyclic amines) is 1. The van der Waals surface area contributed by atoms with Gasteiger partial charge in [0.15, 0.2) is 5.82 Å². The normalized spacial score (nSPS) is 29.2. The van der Waals surface area contributed by atoms with Gasteiger partial charge in [-0.25, -0.2) is 4.79 Å². The molecule has 0 unspecified atom stereocenters. The van der Waals surface area contributed by atoms with Gasteiger partial charge in [0.05, 0.1) is 6.04 Å². The summed E-state index contributed by atoms with van der Waals surface area (Å²) in [4.78, 5) is 14.7. The number of carbonyl (C=O) groups is 1. The Bertz CT molecular complexity index is 598. The summed E-state index contributed by atoms with van der Waals surface area (Å²) in [6.45, 7) is 4.05. The maximum atomic E-state index is 12.7. The van der Waals surface area contributed by atoms with Crippen LogP contribution < -0.4 is 5.32 Å². The molecule has 3 aliphatic rings. The van der Waals surface area contributed by atoms with E-state index in [9.17, 15) is 4.79 Å². The average Bonchev–Trinajstić information content (AvgIpc) is 3.02. The van der Waals surface area contributed by atoms with Crippen LogP contribution in [-0.2, 0) is 13.0 Å². The van der Waals surface area contributed by atoms with Crippen molar-refractivity contribution in [2.75, 3.05) is 6.54 Å². The van der Waals surface area contributed by atoms with Crippen LogP contribution in [0.5, 0.6) is 0 Å². The molecule has 3 heterocycles. The van der Waals surface area contributed by atoms with Crippen molar-refractivity contribution in [1.82, 2.24) is 25.0 Å². The lowest BCUT2D eigenvalue weighted by molar-refractivity contribution is 0.188. The van der Waals surface area contributed by atoms with Crippen LogP contribution in [0.2, 0.25) is 0 Å². The number of hydrogen-bond donors (Lipinski definition) is 1. The van der Waals surface area contributed by atoms with E-state index in [0.29, 0.717) is 12.0 Å². The number of aryl methyl sites for hydroxylation is 1. The molecule has 0 radical (unpaired) electrons. The average molecular weight is 331 g/mol. The van der Waals surface area contributed by atoms with E-state index in [1.807, 2.05) is 4.90 Å². The first-order valence-electron chi connectivity index (χ1n) is 9.77. The largest absolute Gasteiger partial charge is 0.335 e. The molecule has 1 saturated heterocycles. The molecular formula is C18H29N5O. The lowest BCUT2D eigenvalue weighted by Gasteiger charge is -2.25. The minimum atomic E-state index is 0.104. The summed E-state index contributed by atoms with van der Waals surface area (Å²) in [5.74, 6) is 2.82. The van der Waals surface area contributed by atoms with Gasteiger partial charge < -0.3 is 14.8 Å². The van der Waals surface area contributed by atoms with Crippen LogP contribution in [0.15, 0.2) is 0 Å². The number of amides is 2. The summed E-state index contributed by atoms with van der Waals surface area (Å²) >= 11 is 0. The Hall–Kier alpha value is -1.59. The number of hydrogen-bond acceptors (Lipinski definition) is 3. The predicted molar refractivity (Wildman–Crippen MR) is 91.6 cm³/mol. The van der Waals surface area contributed by atoms with Crippen LogP contribution in [0.3, 0.4) is 0 Å². The molecule has 132 valence electrons. The van der Waals surface area contributed by atoms with Gasteiger partial charge >= 0.3 is 6.03 Å². The molecule has 2 aliphatic heterocycles. The molecule has 2 amide bonds. The quantitative estimate of drug-likeness (QED) is 0.922. The van der Waals surface area contributed by atoms with E-state index >= 15 is 0 Å². The lowest BCUT2D eigenvalue weighted by atomic mass is 10.2. The fraction of sp³-hybridized carbons (Fsp3) is 0.833. The highest BCUT2D eigenvalue weighted by Crippen LogP contribution is 2.36. The molecule has 0 aromatic carbocycles. The minimum Gasteiger partial charge on any atom is -0.335 e. The number of aromatic nitrogens is 3. The Labute approximate surface area is 144 Å². The van der Waals surface area contributed by atoms with Crippen LogP contribution in [0, 0.1) is 5.92 Å². The van der Waals surface area contributed by atoms with Crippen LogP contribution in [0.1, 0.15) is 76.0 Å². The highest BCUT2D eigenvalue weighted by atomic mass is 16.2. The predicted octanol–water partition coefficient (Wildman–Crippen LogP) is 3.04. The second-order valence-corrected chi connectivity index (χ2v) is 7.63. The molecule has 6 nitrogen and oxygen atoms in total. The first kappa shape index (κ1) is 15.9. The molecule has 1 aliphatic carbocycles. The summed E-state index contributed by atoms with van der Waals surface area (Å²) in [5, 5.41) is 12.1.